The van der Waals surface area contributed by atoms with Crippen molar-refractivity contribution in [3.63, 3.8) is 0 Å². The summed E-state index contributed by atoms with van der Waals surface area (Å²) in [6.45, 7) is 3.98. The molecule has 0 spiro atoms. The van der Waals surface area contributed by atoms with Crippen LogP contribution in [0.4, 0.5) is 0 Å². The maximum atomic E-state index is 12.7. The van der Waals surface area contributed by atoms with Crippen molar-refractivity contribution in [3.8, 4) is 6.07 Å². The molecule has 2 rings (SSSR count). The molecule has 4 heteroatoms. The number of nitrogens with zero attached hydrogens (tertiary/aromatic N) is 1. The van der Waals surface area contributed by atoms with Crippen LogP contribution in [-0.4, -0.2) is 5.78 Å². The lowest BCUT2D eigenvalue weighted by molar-refractivity contribution is 0.0978. The molecule has 1 atom stereocenters. The minimum absolute atomic E-state index is 0.215. The molecule has 0 amide bonds. The van der Waals surface area contributed by atoms with Crippen LogP contribution in [0.2, 0.25) is 5.02 Å². The fourth-order valence-electron chi connectivity index (χ4n) is 2.07. The molecule has 0 aliphatic carbocycles. The van der Waals surface area contributed by atoms with E-state index in [0.717, 1.165) is 20.3 Å². The van der Waals surface area contributed by atoms with Crippen molar-refractivity contribution < 1.29 is 4.79 Å². The molecule has 0 radical (unpaired) electrons. The predicted molar refractivity (Wildman–Crippen MR) is 92.8 cm³/mol. The zero-order valence-corrected chi connectivity index (χ0v) is 14.6. The molecule has 0 heterocycles. The van der Waals surface area contributed by atoms with E-state index in [1.54, 1.807) is 18.2 Å². The average molecular weight is 410 g/mol. The quantitative estimate of drug-likeness (QED) is 0.526. The number of ketones is 1. The van der Waals surface area contributed by atoms with Gasteiger partial charge in [0.05, 0.1) is 6.07 Å². The van der Waals surface area contributed by atoms with Crippen molar-refractivity contribution in [2.24, 2.45) is 0 Å². The highest BCUT2D eigenvalue weighted by molar-refractivity contribution is 14.1. The van der Waals surface area contributed by atoms with Crippen LogP contribution in [0.3, 0.4) is 0 Å². The predicted octanol–water partition coefficient (Wildman–Crippen LogP) is 5.05. The summed E-state index contributed by atoms with van der Waals surface area (Å²) < 4.78 is 0.797. The van der Waals surface area contributed by atoms with Gasteiger partial charge in [0.2, 0.25) is 0 Å². The van der Waals surface area contributed by atoms with Gasteiger partial charge in [0.1, 0.15) is 5.92 Å². The molecule has 2 aromatic rings. The molecule has 0 fully saturated rings. The first-order chi connectivity index (χ1) is 9.93. The normalized spacial score (nSPS) is 11.8. The van der Waals surface area contributed by atoms with Crippen LogP contribution >= 0.6 is 34.2 Å². The number of nitriles is 1. The lowest BCUT2D eigenvalue weighted by atomic mass is 9.90. The molecule has 0 saturated carbocycles. The van der Waals surface area contributed by atoms with Gasteiger partial charge in [-0.3, -0.25) is 4.79 Å². The van der Waals surface area contributed by atoms with Gasteiger partial charge in [0.15, 0.2) is 5.78 Å². The van der Waals surface area contributed by atoms with Crippen LogP contribution < -0.4 is 0 Å². The second-order valence-electron chi connectivity index (χ2n) is 4.89. The fourth-order valence-corrected chi connectivity index (χ4v) is 2.84. The van der Waals surface area contributed by atoms with Gasteiger partial charge in [-0.25, -0.2) is 0 Å². The zero-order valence-electron chi connectivity index (χ0n) is 11.7. The van der Waals surface area contributed by atoms with Gasteiger partial charge in [-0.2, -0.15) is 5.26 Å². The molecule has 0 aromatic heterocycles. The third-order valence-corrected chi connectivity index (χ3v) is 4.63. The van der Waals surface area contributed by atoms with Crippen LogP contribution in [0.25, 0.3) is 0 Å². The van der Waals surface area contributed by atoms with Crippen molar-refractivity contribution in [2.45, 2.75) is 19.8 Å². The first kappa shape index (κ1) is 16.0. The van der Waals surface area contributed by atoms with Gasteiger partial charge in [-0.1, -0.05) is 29.8 Å². The monoisotopic (exact) mass is 409 g/mol. The Morgan fingerprint density at radius 3 is 2.52 bits per heavy atom. The van der Waals surface area contributed by atoms with Gasteiger partial charge >= 0.3 is 0 Å². The summed E-state index contributed by atoms with van der Waals surface area (Å²) >= 11 is 8.05. The molecule has 0 bridgehead atoms. The largest absolute Gasteiger partial charge is 0.292 e. The molecule has 0 N–H and O–H groups in total. The summed E-state index contributed by atoms with van der Waals surface area (Å²) in [5.74, 6) is -1.02. The Balaban J connectivity index is 2.46. The Hall–Kier alpha value is -1.38. The van der Waals surface area contributed by atoms with Crippen molar-refractivity contribution in [3.05, 3.63) is 67.2 Å². The first-order valence-electron chi connectivity index (χ1n) is 6.40. The number of hydrogen-bond acceptors (Lipinski definition) is 2. The highest BCUT2D eigenvalue weighted by atomic mass is 127. The van der Waals surface area contributed by atoms with Gasteiger partial charge in [-0.15, -0.1) is 0 Å². The Labute approximate surface area is 142 Å². The molecular weight excluding hydrogens is 397 g/mol. The zero-order chi connectivity index (χ0) is 15.6. The second-order valence-corrected chi connectivity index (χ2v) is 6.49. The van der Waals surface area contributed by atoms with E-state index < -0.39 is 5.92 Å². The molecule has 0 aliphatic rings. The number of Topliss-reactive ketones (excluding diaryl/α,β-unsaturated/α-hetero) is 1. The van der Waals surface area contributed by atoms with E-state index in [9.17, 15) is 10.1 Å². The smallest absolute Gasteiger partial charge is 0.185 e. The molecule has 2 nitrogen and oxygen atoms in total. The van der Waals surface area contributed by atoms with Gasteiger partial charge in [-0.05, 0) is 71.3 Å². The highest BCUT2D eigenvalue weighted by Crippen LogP contribution is 2.26. The summed E-state index contributed by atoms with van der Waals surface area (Å²) in [4.78, 5) is 12.7. The maximum absolute atomic E-state index is 12.7. The van der Waals surface area contributed by atoms with E-state index in [1.165, 1.54) is 0 Å². The van der Waals surface area contributed by atoms with Gasteiger partial charge in [0.25, 0.3) is 0 Å². The van der Waals surface area contributed by atoms with E-state index >= 15 is 0 Å². The molecule has 106 valence electrons. The van der Waals surface area contributed by atoms with Gasteiger partial charge in [0, 0.05) is 14.2 Å². The number of carbonyl (C=O) groups is 1. The first-order valence-corrected chi connectivity index (χ1v) is 7.85. The Kier molecular flexibility index (Phi) is 5.02. The molecular formula is C17H13ClINO. The lowest BCUT2D eigenvalue weighted by Crippen LogP contribution is -2.13. The number of aryl methyl sites for hydroxylation is 2. The number of carbonyl (C=O) groups excluding carboxylic acids is 1. The molecule has 0 aliphatic heterocycles. The number of hydrogen-bond donors (Lipinski definition) is 0. The highest BCUT2D eigenvalue weighted by Gasteiger charge is 2.24. The van der Waals surface area contributed by atoms with E-state index in [0.29, 0.717) is 10.6 Å². The van der Waals surface area contributed by atoms with E-state index in [1.807, 2.05) is 32.0 Å². The van der Waals surface area contributed by atoms with Gasteiger partial charge < -0.3 is 0 Å². The molecule has 1 unspecified atom stereocenters. The number of halogens is 2. The third-order valence-electron chi connectivity index (χ3n) is 3.45. The third kappa shape index (κ3) is 3.45. The fraction of sp³-hybridized carbons (Fsp3) is 0.176. The lowest BCUT2D eigenvalue weighted by Gasteiger charge is -2.12. The van der Waals surface area contributed by atoms with Crippen LogP contribution in [0.15, 0.2) is 36.4 Å². The molecule has 0 saturated heterocycles. The Morgan fingerprint density at radius 1 is 1.19 bits per heavy atom. The topological polar surface area (TPSA) is 40.9 Å². The van der Waals surface area contributed by atoms with Crippen molar-refractivity contribution in [1.82, 2.24) is 0 Å². The summed E-state index contributed by atoms with van der Waals surface area (Å²) in [5, 5.41) is 9.92. The summed E-state index contributed by atoms with van der Waals surface area (Å²) in [7, 11) is 0. The minimum Gasteiger partial charge on any atom is -0.292 e. The van der Waals surface area contributed by atoms with Crippen LogP contribution in [0, 0.1) is 28.7 Å². The van der Waals surface area contributed by atoms with Crippen LogP contribution in [0.5, 0.6) is 0 Å². The van der Waals surface area contributed by atoms with Crippen molar-refractivity contribution >= 4 is 40.0 Å². The van der Waals surface area contributed by atoms with Crippen LogP contribution in [-0.2, 0) is 0 Å². The van der Waals surface area contributed by atoms with E-state index in [4.69, 9.17) is 11.6 Å². The van der Waals surface area contributed by atoms with E-state index in [-0.39, 0.29) is 5.78 Å². The average Bonchev–Trinajstić information content (AvgIpc) is 2.46. The summed E-state index contributed by atoms with van der Waals surface area (Å²) in [5.41, 5.74) is 3.43. The molecule has 2 aromatic carbocycles. The minimum atomic E-state index is -0.809. The van der Waals surface area contributed by atoms with Crippen molar-refractivity contribution in [1.29, 1.82) is 5.26 Å². The standard InChI is InChI=1S/C17H13ClINO/c1-10-3-4-12(7-11(10)2)15(9-20)17(21)14-8-13(18)5-6-16(14)19/h3-8,15H,1-2H3. The number of rotatable bonds is 3. The number of benzene rings is 2. The maximum Gasteiger partial charge on any atom is 0.185 e. The van der Waals surface area contributed by atoms with E-state index in [2.05, 4.69) is 28.7 Å². The summed E-state index contributed by atoms with van der Waals surface area (Å²) in [6.07, 6.45) is 0. The SMILES string of the molecule is Cc1ccc(C(C#N)C(=O)c2cc(Cl)ccc2I)cc1C. The Morgan fingerprint density at radius 2 is 1.90 bits per heavy atom. The Bertz CT molecular complexity index is 749. The van der Waals surface area contributed by atoms with Crippen LogP contribution in [0.1, 0.15) is 33.0 Å². The summed E-state index contributed by atoms with van der Waals surface area (Å²) in [6, 6.07) is 12.9. The van der Waals surface area contributed by atoms with Crippen molar-refractivity contribution in [2.75, 3.05) is 0 Å². The molecule has 21 heavy (non-hydrogen) atoms. The second kappa shape index (κ2) is 6.59.